The van der Waals surface area contributed by atoms with Crippen molar-refractivity contribution in [2.45, 2.75) is 31.3 Å². The van der Waals surface area contributed by atoms with Crippen LogP contribution in [0.1, 0.15) is 24.8 Å². The Labute approximate surface area is 131 Å². The van der Waals surface area contributed by atoms with Crippen LogP contribution in [0, 0.1) is 11.6 Å². The van der Waals surface area contributed by atoms with E-state index >= 15 is 0 Å². The third-order valence-corrected chi connectivity index (χ3v) is 3.87. The van der Waals surface area contributed by atoms with E-state index in [1.54, 1.807) is 0 Å². The normalized spacial score (nSPS) is 20.9. The molecule has 3 rings (SSSR count). The van der Waals surface area contributed by atoms with Crippen LogP contribution >= 0.6 is 0 Å². The molecule has 0 aromatic heterocycles. The van der Waals surface area contributed by atoms with Crippen molar-refractivity contribution in [2.24, 2.45) is 0 Å². The summed E-state index contributed by atoms with van der Waals surface area (Å²) in [6, 6.07) is 2.45. The topological polar surface area (TPSA) is 66.5 Å². The number of hydrogen-bond donors (Lipinski definition) is 1. The number of halogens is 2. The zero-order valence-corrected chi connectivity index (χ0v) is 12.1. The molecule has 5 nitrogen and oxygen atoms in total. The minimum atomic E-state index is -0.849. The Bertz CT molecular complexity index is 693. The summed E-state index contributed by atoms with van der Waals surface area (Å²) in [6.45, 7) is 0. The van der Waals surface area contributed by atoms with Crippen molar-refractivity contribution in [3.63, 3.8) is 0 Å². The van der Waals surface area contributed by atoms with Gasteiger partial charge in [-0.2, -0.15) is 0 Å². The lowest BCUT2D eigenvalue weighted by Crippen LogP contribution is -2.45. The third kappa shape index (κ3) is 3.13. The highest BCUT2D eigenvalue weighted by Crippen LogP contribution is 2.31. The van der Waals surface area contributed by atoms with E-state index in [0.29, 0.717) is 0 Å². The average Bonchev–Trinajstić information content (AvgIpc) is 3.25. The van der Waals surface area contributed by atoms with Gasteiger partial charge in [0, 0.05) is 17.7 Å². The lowest BCUT2D eigenvalue weighted by Gasteiger charge is -2.25. The number of rotatable bonds is 4. The number of carbonyl (C=O) groups is 3. The van der Waals surface area contributed by atoms with Gasteiger partial charge in [0.15, 0.2) is 0 Å². The number of nitrogens with zero attached hydrogens (tertiary/aromatic N) is 1. The molecule has 1 N–H and O–H groups in total. The Morgan fingerprint density at radius 3 is 2.39 bits per heavy atom. The summed E-state index contributed by atoms with van der Waals surface area (Å²) in [4.78, 5) is 36.8. The quantitative estimate of drug-likeness (QED) is 0.673. The smallest absolute Gasteiger partial charge is 0.249 e. The summed E-state index contributed by atoms with van der Waals surface area (Å²) in [5.74, 6) is -3.03. The molecule has 2 aliphatic rings. The van der Waals surface area contributed by atoms with E-state index in [0.717, 1.165) is 37.1 Å². The van der Waals surface area contributed by atoms with Crippen LogP contribution in [0.15, 0.2) is 24.3 Å². The van der Waals surface area contributed by atoms with Crippen LogP contribution in [-0.2, 0) is 14.4 Å². The van der Waals surface area contributed by atoms with Gasteiger partial charge in [0.05, 0.1) is 6.42 Å². The van der Waals surface area contributed by atoms with Crippen molar-refractivity contribution in [2.75, 3.05) is 0 Å². The van der Waals surface area contributed by atoms with E-state index in [4.69, 9.17) is 0 Å². The molecule has 1 aliphatic carbocycles. The molecule has 1 atom stereocenters. The second kappa shape index (κ2) is 5.91. The van der Waals surface area contributed by atoms with E-state index in [1.807, 2.05) is 0 Å². The van der Waals surface area contributed by atoms with Gasteiger partial charge in [-0.25, -0.2) is 8.78 Å². The molecule has 0 bridgehead atoms. The van der Waals surface area contributed by atoms with Crippen LogP contribution in [0.4, 0.5) is 8.78 Å². The number of imide groups is 1. The second-order valence-electron chi connectivity index (χ2n) is 5.58. The monoisotopic (exact) mass is 320 g/mol. The molecule has 7 heteroatoms. The predicted octanol–water partition coefficient (Wildman–Crippen LogP) is 1.38. The zero-order chi connectivity index (χ0) is 16.6. The molecular weight excluding hydrogens is 306 g/mol. The number of nitrogens with one attached hydrogen (secondary N) is 1. The van der Waals surface area contributed by atoms with E-state index in [-0.39, 0.29) is 18.0 Å². The van der Waals surface area contributed by atoms with E-state index in [2.05, 4.69) is 5.32 Å². The Morgan fingerprint density at radius 1 is 1.22 bits per heavy atom. The van der Waals surface area contributed by atoms with Gasteiger partial charge in [0.2, 0.25) is 17.7 Å². The Balaban J connectivity index is 1.81. The summed E-state index contributed by atoms with van der Waals surface area (Å²) >= 11 is 0. The molecule has 1 heterocycles. The Kier molecular flexibility index (Phi) is 3.94. The summed E-state index contributed by atoms with van der Waals surface area (Å²) in [6.07, 6.45) is 3.49. The highest BCUT2D eigenvalue weighted by molar-refractivity contribution is 6.08. The number of benzene rings is 1. The molecule has 1 saturated carbocycles. The van der Waals surface area contributed by atoms with Gasteiger partial charge in [0.1, 0.15) is 17.7 Å². The summed E-state index contributed by atoms with van der Waals surface area (Å²) in [5.41, 5.74) is -0.316. The lowest BCUT2D eigenvalue weighted by molar-refractivity contribution is -0.135. The van der Waals surface area contributed by atoms with Crippen LogP contribution in [0.25, 0.3) is 6.08 Å². The number of carbonyl (C=O) groups excluding carboxylic acids is 3. The van der Waals surface area contributed by atoms with Crippen LogP contribution in [0.2, 0.25) is 0 Å². The van der Waals surface area contributed by atoms with Gasteiger partial charge in [-0.3, -0.25) is 19.7 Å². The van der Waals surface area contributed by atoms with Crippen molar-refractivity contribution in [3.8, 4) is 0 Å². The minimum absolute atomic E-state index is 0.0804. The largest absolute Gasteiger partial charge is 0.324 e. The molecule has 0 unspecified atom stereocenters. The molecule has 0 radical (unpaired) electrons. The zero-order valence-electron chi connectivity index (χ0n) is 12.1. The molecule has 120 valence electrons. The molecule has 23 heavy (non-hydrogen) atoms. The maximum absolute atomic E-state index is 13.6. The highest BCUT2D eigenvalue weighted by atomic mass is 19.1. The Hall–Kier alpha value is -2.57. The first kappa shape index (κ1) is 15.3. The lowest BCUT2D eigenvalue weighted by atomic mass is 10.1. The molecule has 1 saturated heterocycles. The molecule has 2 fully saturated rings. The van der Waals surface area contributed by atoms with E-state index in [1.165, 1.54) is 11.0 Å². The van der Waals surface area contributed by atoms with Gasteiger partial charge >= 0.3 is 0 Å². The molecular formula is C16H14F2N2O3. The molecule has 0 spiro atoms. The van der Waals surface area contributed by atoms with Crippen molar-refractivity contribution < 1.29 is 23.2 Å². The van der Waals surface area contributed by atoms with Gasteiger partial charge in [0.25, 0.3) is 0 Å². The predicted molar refractivity (Wildman–Crippen MR) is 76.8 cm³/mol. The second-order valence-corrected chi connectivity index (χ2v) is 5.58. The standard InChI is InChI=1S/C16H14F2N2O3/c17-11-2-1-3-12(18)10(11)6-7-15(22)20(9-4-5-9)13-8-14(21)19-16(13)23/h1-3,6-7,9,13H,4-5,8H2,(H,19,21,23)/b7-6-/t13-/m1/s1. The van der Waals surface area contributed by atoms with Crippen LogP contribution < -0.4 is 5.32 Å². The van der Waals surface area contributed by atoms with Gasteiger partial charge in [-0.05, 0) is 31.1 Å². The van der Waals surface area contributed by atoms with Crippen molar-refractivity contribution >= 4 is 23.8 Å². The number of hydrogen-bond acceptors (Lipinski definition) is 3. The van der Waals surface area contributed by atoms with Gasteiger partial charge in [-0.1, -0.05) is 6.07 Å². The number of amides is 3. The molecule has 1 aliphatic heterocycles. The fourth-order valence-electron chi connectivity index (χ4n) is 2.62. The fourth-order valence-corrected chi connectivity index (χ4v) is 2.62. The van der Waals surface area contributed by atoms with Crippen molar-refractivity contribution in [3.05, 3.63) is 41.5 Å². The SMILES string of the molecule is O=C1C[C@@H](N(C(=O)/C=C\c2c(F)cccc2F)C2CC2)C(=O)N1. The van der Waals surface area contributed by atoms with E-state index < -0.39 is 35.4 Å². The maximum Gasteiger partial charge on any atom is 0.249 e. The first-order chi connectivity index (χ1) is 11.0. The van der Waals surface area contributed by atoms with Crippen molar-refractivity contribution in [1.82, 2.24) is 10.2 Å². The van der Waals surface area contributed by atoms with Crippen LogP contribution in [0.5, 0.6) is 0 Å². The van der Waals surface area contributed by atoms with Crippen LogP contribution in [-0.4, -0.2) is 34.7 Å². The average molecular weight is 320 g/mol. The van der Waals surface area contributed by atoms with E-state index in [9.17, 15) is 23.2 Å². The molecule has 1 aromatic carbocycles. The van der Waals surface area contributed by atoms with Crippen molar-refractivity contribution in [1.29, 1.82) is 0 Å². The summed E-state index contributed by atoms with van der Waals surface area (Å²) in [5, 5.41) is 2.16. The first-order valence-electron chi connectivity index (χ1n) is 7.25. The first-order valence-corrected chi connectivity index (χ1v) is 7.25. The fraction of sp³-hybridized carbons (Fsp3) is 0.312. The minimum Gasteiger partial charge on any atom is -0.324 e. The molecule has 3 amide bonds. The highest BCUT2D eigenvalue weighted by Gasteiger charge is 2.43. The maximum atomic E-state index is 13.6. The van der Waals surface area contributed by atoms with Gasteiger partial charge in [-0.15, -0.1) is 0 Å². The molecule has 1 aromatic rings. The third-order valence-electron chi connectivity index (χ3n) is 3.87. The summed E-state index contributed by atoms with van der Waals surface area (Å²) < 4.78 is 27.1. The summed E-state index contributed by atoms with van der Waals surface area (Å²) in [7, 11) is 0. The van der Waals surface area contributed by atoms with Gasteiger partial charge < -0.3 is 4.90 Å². The Morgan fingerprint density at radius 2 is 1.87 bits per heavy atom. The van der Waals surface area contributed by atoms with Crippen LogP contribution in [0.3, 0.4) is 0 Å².